The van der Waals surface area contributed by atoms with Gasteiger partial charge in [0.25, 0.3) is 5.91 Å². The molecule has 26 heavy (non-hydrogen) atoms. The van der Waals surface area contributed by atoms with E-state index in [-0.39, 0.29) is 11.0 Å². The summed E-state index contributed by atoms with van der Waals surface area (Å²) >= 11 is 29.1. The second-order valence-corrected chi connectivity index (χ2v) is 7.79. The Balaban J connectivity index is 2.01. The van der Waals surface area contributed by atoms with E-state index in [1.54, 1.807) is 30.3 Å². The number of benzene rings is 2. The maximum atomic E-state index is 12.3. The van der Waals surface area contributed by atoms with E-state index in [2.05, 4.69) is 16.0 Å². The summed E-state index contributed by atoms with van der Waals surface area (Å²) in [6, 6.07) is 12.0. The fourth-order valence-electron chi connectivity index (χ4n) is 1.98. The van der Waals surface area contributed by atoms with Gasteiger partial charge in [0.05, 0.1) is 10.7 Å². The Kier molecular flexibility index (Phi) is 7.80. The van der Waals surface area contributed by atoms with Gasteiger partial charge in [-0.25, -0.2) is 0 Å². The van der Waals surface area contributed by atoms with Crippen LogP contribution in [0, 0.1) is 6.92 Å². The van der Waals surface area contributed by atoms with Crippen LogP contribution < -0.4 is 16.0 Å². The molecule has 0 aliphatic heterocycles. The van der Waals surface area contributed by atoms with E-state index in [4.69, 9.17) is 58.6 Å². The summed E-state index contributed by atoms with van der Waals surface area (Å²) in [5, 5.41) is 9.54. The zero-order chi connectivity index (χ0) is 19.3. The van der Waals surface area contributed by atoms with Crippen molar-refractivity contribution in [1.29, 1.82) is 0 Å². The molecule has 0 spiro atoms. The summed E-state index contributed by atoms with van der Waals surface area (Å²) in [4.78, 5) is 11.4. The minimum absolute atomic E-state index is 0.190. The third kappa shape index (κ3) is 6.18. The van der Waals surface area contributed by atoms with Gasteiger partial charge in [-0.3, -0.25) is 4.79 Å². The molecule has 2 aromatic carbocycles. The Bertz CT molecular complexity index is 799. The van der Waals surface area contributed by atoms with Crippen molar-refractivity contribution in [3.63, 3.8) is 0 Å². The number of anilines is 1. The highest BCUT2D eigenvalue weighted by atomic mass is 35.5. The van der Waals surface area contributed by atoms with Crippen molar-refractivity contribution in [1.82, 2.24) is 10.6 Å². The Hall–Kier alpha value is -1.24. The van der Waals surface area contributed by atoms with E-state index in [0.29, 0.717) is 21.3 Å². The van der Waals surface area contributed by atoms with Gasteiger partial charge in [-0.05, 0) is 49.5 Å². The van der Waals surface area contributed by atoms with Gasteiger partial charge in [-0.15, -0.1) is 23.2 Å². The molecule has 2 rings (SSSR count). The predicted octanol–water partition coefficient (Wildman–Crippen LogP) is 5.15. The summed E-state index contributed by atoms with van der Waals surface area (Å²) in [6.45, 7) is 1.94. The number of alkyl halides is 2. The van der Waals surface area contributed by atoms with E-state index in [1.165, 1.54) is 0 Å². The highest BCUT2D eigenvalue weighted by Crippen LogP contribution is 2.25. The fraction of sp³-hybridized carbons (Fsp3) is 0.176. The van der Waals surface area contributed by atoms with Gasteiger partial charge in [-0.2, -0.15) is 0 Å². The molecule has 0 aliphatic rings. The van der Waals surface area contributed by atoms with Gasteiger partial charge in [-0.1, -0.05) is 40.9 Å². The lowest BCUT2D eigenvalue weighted by atomic mass is 10.1. The summed E-state index contributed by atoms with van der Waals surface area (Å²) in [5.41, 5.74) is 2.09. The number of carbonyl (C=O) groups excluding carboxylic acids is 1. The first-order chi connectivity index (χ1) is 12.3. The molecule has 0 saturated carbocycles. The average molecular weight is 451 g/mol. The second-order valence-electron chi connectivity index (χ2n) is 5.37. The minimum Gasteiger partial charge on any atom is -0.340 e. The Morgan fingerprint density at radius 3 is 2.27 bits per heavy atom. The van der Waals surface area contributed by atoms with E-state index >= 15 is 0 Å². The van der Waals surface area contributed by atoms with Crippen LogP contribution in [0.25, 0.3) is 0 Å². The van der Waals surface area contributed by atoms with Crippen molar-refractivity contribution in [2.45, 2.75) is 17.9 Å². The summed E-state index contributed by atoms with van der Waals surface area (Å²) < 4.78 is 0. The summed E-state index contributed by atoms with van der Waals surface area (Å²) in [6.07, 6.45) is -0.807. The molecule has 0 heterocycles. The van der Waals surface area contributed by atoms with Crippen LogP contribution in [0.2, 0.25) is 10.0 Å². The van der Waals surface area contributed by atoms with Crippen molar-refractivity contribution >= 4 is 75.3 Å². The van der Waals surface area contributed by atoms with Gasteiger partial charge in [0.15, 0.2) is 5.11 Å². The fourth-order valence-corrected chi connectivity index (χ4v) is 2.93. The molecule has 1 atom stereocenters. The topological polar surface area (TPSA) is 53.2 Å². The lowest BCUT2D eigenvalue weighted by Gasteiger charge is -2.23. The number of amides is 1. The van der Waals surface area contributed by atoms with Crippen LogP contribution in [0.15, 0.2) is 42.5 Å². The Morgan fingerprint density at radius 2 is 1.69 bits per heavy atom. The highest BCUT2D eigenvalue weighted by molar-refractivity contribution is 7.80. The van der Waals surface area contributed by atoms with E-state index in [1.807, 2.05) is 19.1 Å². The zero-order valence-electron chi connectivity index (χ0n) is 13.5. The average Bonchev–Trinajstić information content (AvgIpc) is 2.57. The Morgan fingerprint density at radius 1 is 1.04 bits per heavy atom. The number of rotatable bonds is 5. The molecule has 138 valence electrons. The van der Waals surface area contributed by atoms with Crippen LogP contribution >= 0.6 is 58.6 Å². The SMILES string of the molecule is Cc1ccc(C(=O)NC(NC(=S)Nc2ccc(Cl)cc2Cl)C(Cl)Cl)cc1. The lowest BCUT2D eigenvalue weighted by Crippen LogP contribution is -2.52. The maximum Gasteiger partial charge on any atom is 0.252 e. The predicted molar refractivity (Wildman–Crippen MR) is 114 cm³/mol. The number of aryl methyl sites for hydroxylation is 1. The number of hydrogen-bond donors (Lipinski definition) is 3. The van der Waals surface area contributed by atoms with Crippen molar-refractivity contribution in [3.8, 4) is 0 Å². The first-order valence-corrected chi connectivity index (χ1v) is 9.48. The molecule has 0 fully saturated rings. The third-order valence-corrected chi connectivity index (χ3v) is 4.59. The lowest BCUT2D eigenvalue weighted by molar-refractivity contribution is 0.0936. The summed E-state index contributed by atoms with van der Waals surface area (Å²) in [5.74, 6) is -0.332. The summed E-state index contributed by atoms with van der Waals surface area (Å²) in [7, 11) is 0. The van der Waals surface area contributed by atoms with Crippen LogP contribution in [0.3, 0.4) is 0 Å². The van der Waals surface area contributed by atoms with Crippen molar-refractivity contribution in [3.05, 3.63) is 63.6 Å². The molecule has 0 radical (unpaired) electrons. The number of halogens is 4. The van der Waals surface area contributed by atoms with E-state index in [9.17, 15) is 4.79 Å². The first kappa shape index (κ1) is 21.1. The zero-order valence-corrected chi connectivity index (χ0v) is 17.4. The molecule has 0 aromatic heterocycles. The van der Waals surface area contributed by atoms with Crippen LogP contribution in [0.4, 0.5) is 5.69 Å². The quantitative estimate of drug-likeness (QED) is 0.335. The van der Waals surface area contributed by atoms with Gasteiger partial charge in [0.2, 0.25) is 0 Å². The van der Waals surface area contributed by atoms with E-state index < -0.39 is 11.0 Å². The number of carbonyl (C=O) groups is 1. The monoisotopic (exact) mass is 449 g/mol. The molecule has 2 aromatic rings. The van der Waals surface area contributed by atoms with Crippen molar-refractivity contribution in [2.75, 3.05) is 5.32 Å². The van der Waals surface area contributed by atoms with Crippen LogP contribution in [0.1, 0.15) is 15.9 Å². The van der Waals surface area contributed by atoms with Crippen LogP contribution in [0.5, 0.6) is 0 Å². The normalized spacial score (nSPS) is 11.8. The molecule has 3 N–H and O–H groups in total. The van der Waals surface area contributed by atoms with Gasteiger partial charge in [0.1, 0.15) is 11.0 Å². The number of nitrogens with one attached hydrogen (secondary N) is 3. The first-order valence-electron chi connectivity index (χ1n) is 7.44. The largest absolute Gasteiger partial charge is 0.340 e. The third-order valence-electron chi connectivity index (χ3n) is 3.32. The molecule has 9 heteroatoms. The van der Waals surface area contributed by atoms with Gasteiger partial charge < -0.3 is 16.0 Å². The molecule has 0 saturated heterocycles. The smallest absolute Gasteiger partial charge is 0.252 e. The van der Waals surface area contributed by atoms with Crippen LogP contribution in [-0.4, -0.2) is 22.0 Å². The molecule has 1 amide bonds. The number of thiocarbonyl (C=S) groups is 1. The maximum absolute atomic E-state index is 12.3. The molecule has 4 nitrogen and oxygen atoms in total. The molecule has 0 bridgehead atoms. The molecule has 1 unspecified atom stereocenters. The molecular formula is C17H15Cl4N3OS. The van der Waals surface area contributed by atoms with Crippen LogP contribution in [-0.2, 0) is 0 Å². The van der Waals surface area contributed by atoms with Crippen molar-refractivity contribution in [2.24, 2.45) is 0 Å². The van der Waals surface area contributed by atoms with Gasteiger partial charge >= 0.3 is 0 Å². The molecule has 0 aliphatic carbocycles. The van der Waals surface area contributed by atoms with Gasteiger partial charge in [0, 0.05) is 10.6 Å². The standard InChI is InChI=1S/C17H15Cl4N3OS/c1-9-2-4-10(5-3-9)16(25)23-15(14(20)21)24-17(26)22-13-7-6-11(18)8-12(13)19/h2-8,14-15H,1H3,(H,23,25)(H2,22,24,26). The highest BCUT2D eigenvalue weighted by Gasteiger charge is 2.21. The minimum atomic E-state index is -0.940. The van der Waals surface area contributed by atoms with E-state index in [0.717, 1.165) is 5.56 Å². The van der Waals surface area contributed by atoms with Crippen molar-refractivity contribution < 1.29 is 4.79 Å². The molecular weight excluding hydrogens is 436 g/mol. The Labute approximate surface area is 177 Å². The number of hydrogen-bond acceptors (Lipinski definition) is 2. The second kappa shape index (κ2) is 9.62.